The summed E-state index contributed by atoms with van der Waals surface area (Å²) in [5.41, 5.74) is 14.2. The predicted molar refractivity (Wildman–Crippen MR) is 105 cm³/mol. The zero-order valence-electron chi connectivity index (χ0n) is 15.9. The SMILES string of the molecule is CCC1Cc2c([nH]c3ccc(C(=O)c4ccc(C(F)(F)F)cc4)cc23)C(N)(N)C1. The summed E-state index contributed by atoms with van der Waals surface area (Å²) >= 11 is 0. The van der Waals surface area contributed by atoms with Crippen molar-refractivity contribution >= 4 is 16.7 Å². The van der Waals surface area contributed by atoms with E-state index in [1.807, 2.05) is 0 Å². The number of carbonyl (C=O) groups excluding carboxylic acids is 1. The van der Waals surface area contributed by atoms with Gasteiger partial charge in [-0.1, -0.05) is 25.5 Å². The molecule has 1 heterocycles. The lowest BCUT2D eigenvalue weighted by Gasteiger charge is -2.34. The molecule has 0 bridgehead atoms. The number of nitrogens with two attached hydrogens (primary N) is 2. The highest BCUT2D eigenvalue weighted by Gasteiger charge is 2.36. The number of H-pyrrole nitrogens is 1. The first kappa shape index (κ1) is 19.7. The van der Waals surface area contributed by atoms with Crippen molar-refractivity contribution in [3.63, 3.8) is 0 Å². The standard InChI is InChI=1S/C22H22F3N3O/c1-2-12-9-17-16-10-14(5-8-18(16)28-20(17)21(26,27)11-12)19(29)13-3-6-15(7-4-13)22(23,24)25/h3-8,10,12,28H,2,9,11,26-27H2,1H3. The van der Waals surface area contributed by atoms with Gasteiger partial charge in [-0.05, 0) is 54.7 Å². The number of aromatic amines is 1. The highest BCUT2D eigenvalue weighted by atomic mass is 19.4. The molecule has 2 aromatic carbocycles. The maximum absolute atomic E-state index is 12.8. The van der Waals surface area contributed by atoms with Crippen LogP contribution >= 0.6 is 0 Å². The molecular weight excluding hydrogens is 379 g/mol. The Bertz CT molecular complexity index is 1080. The van der Waals surface area contributed by atoms with E-state index >= 15 is 0 Å². The maximum Gasteiger partial charge on any atom is 0.416 e. The van der Waals surface area contributed by atoms with Crippen molar-refractivity contribution in [1.29, 1.82) is 0 Å². The number of aromatic nitrogens is 1. The molecule has 0 fully saturated rings. The molecule has 3 aromatic rings. The average molecular weight is 401 g/mol. The summed E-state index contributed by atoms with van der Waals surface area (Å²) in [4.78, 5) is 16.1. The van der Waals surface area contributed by atoms with Crippen LogP contribution < -0.4 is 11.5 Å². The fourth-order valence-corrected chi connectivity index (χ4v) is 4.20. The monoisotopic (exact) mass is 401 g/mol. The fourth-order valence-electron chi connectivity index (χ4n) is 4.20. The molecule has 0 aliphatic heterocycles. The number of fused-ring (bicyclic) bond motifs is 3. The number of halogens is 3. The van der Waals surface area contributed by atoms with E-state index < -0.39 is 17.4 Å². The molecule has 4 nitrogen and oxygen atoms in total. The van der Waals surface area contributed by atoms with Crippen LogP contribution in [-0.4, -0.2) is 10.8 Å². The molecule has 1 aromatic heterocycles. The van der Waals surface area contributed by atoms with Crippen molar-refractivity contribution < 1.29 is 18.0 Å². The summed E-state index contributed by atoms with van der Waals surface area (Å²) in [7, 11) is 0. The van der Waals surface area contributed by atoms with E-state index in [-0.39, 0.29) is 11.3 Å². The Hall–Kier alpha value is -2.64. The highest BCUT2D eigenvalue weighted by molar-refractivity contribution is 6.10. The van der Waals surface area contributed by atoms with Gasteiger partial charge in [0.1, 0.15) is 5.66 Å². The smallest absolute Gasteiger partial charge is 0.356 e. The van der Waals surface area contributed by atoms with Crippen molar-refractivity contribution in [1.82, 2.24) is 4.98 Å². The molecule has 0 saturated carbocycles. The van der Waals surface area contributed by atoms with Gasteiger partial charge in [0.2, 0.25) is 0 Å². The lowest BCUT2D eigenvalue weighted by molar-refractivity contribution is -0.137. The Kier molecular flexibility index (Phi) is 4.55. The van der Waals surface area contributed by atoms with Gasteiger partial charge < -0.3 is 16.5 Å². The number of carbonyl (C=O) groups is 1. The number of nitrogens with one attached hydrogen (secondary N) is 1. The maximum atomic E-state index is 12.8. The Morgan fingerprint density at radius 2 is 1.79 bits per heavy atom. The summed E-state index contributed by atoms with van der Waals surface area (Å²) < 4.78 is 38.3. The van der Waals surface area contributed by atoms with Crippen LogP contribution in [-0.2, 0) is 18.3 Å². The summed E-state index contributed by atoms with van der Waals surface area (Å²) in [6, 6.07) is 9.50. The second-order valence-corrected chi connectivity index (χ2v) is 7.87. The van der Waals surface area contributed by atoms with Gasteiger partial charge in [-0.3, -0.25) is 4.79 Å². The first-order valence-corrected chi connectivity index (χ1v) is 9.55. The number of rotatable bonds is 3. The quantitative estimate of drug-likeness (QED) is 0.447. The largest absolute Gasteiger partial charge is 0.416 e. The summed E-state index contributed by atoms with van der Waals surface area (Å²) in [5.74, 6) is 0.0240. The van der Waals surface area contributed by atoms with E-state index in [1.54, 1.807) is 18.2 Å². The van der Waals surface area contributed by atoms with Gasteiger partial charge in [0.05, 0.1) is 11.3 Å². The molecule has 5 N–H and O–H groups in total. The molecule has 1 unspecified atom stereocenters. The predicted octanol–water partition coefficient (Wildman–Crippen LogP) is 4.46. The van der Waals surface area contributed by atoms with Crippen LogP contribution in [0.15, 0.2) is 42.5 Å². The van der Waals surface area contributed by atoms with Gasteiger partial charge in [-0.25, -0.2) is 0 Å². The minimum atomic E-state index is -4.43. The molecule has 0 amide bonds. The molecule has 7 heteroatoms. The van der Waals surface area contributed by atoms with Crippen LogP contribution in [0.4, 0.5) is 13.2 Å². The van der Waals surface area contributed by atoms with Crippen molar-refractivity contribution in [2.75, 3.05) is 0 Å². The summed E-state index contributed by atoms with van der Waals surface area (Å²) in [6.07, 6.45) is -1.98. The normalized spacial score (nSPS) is 18.6. The van der Waals surface area contributed by atoms with E-state index in [2.05, 4.69) is 11.9 Å². The van der Waals surface area contributed by atoms with Gasteiger partial charge in [0, 0.05) is 22.0 Å². The van der Waals surface area contributed by atoms with Gasteiger partial charge in [0.25, 0.3) is 0 Å². The molecule has 29 heavy (non-hydrogen) atoms. The first-order valence-electron chi connectivity index (χ1n) is 9.55. The van der Waals surface area contributed by atoms with Crippen LogP contribution in [0.5, 0.6) is 0 Å². The van der Waals surface area contributed by atoms with E-state index in [0.29, 0.717) is 17.9 Å². The average Bonchev–Trinajstić information content (AvgIpc) is 3.05. The molecule has 152 valence electrons. The first-order chi connectivity index (χ1) is 13.6. The Balaban J connectivity index is 1.73. The lowest BCUT2D eigenvalue weighted by atomic mass is 9.79. The summed E-state index contributed by atoms with van der Waals surface area (Å²) in [6.45, 7) is 2.10. The molecule has 1 atom stereocenters. The second kappa shape index (κ2) is 6.71. The van der Waals surface area contributed by atoms with Crippen molar-refractivity contribution in [2.24, 2.45) is 17.4 Å². The molecule has 0 spiro atoms. The Morgan fingerprint density at radius 3 is 2.41 bits per heavy atom. The van der Waals surface area contributed by atoms with Crippen LogP contribution in [0.3, 0.4) is 0 Å². The topological polar surface area (TPSA) is 84.9 Å². The van der Waals surface area contributed by atoms with Crippen molar-refractivity contribution in [2.45, 2.75) is 38.0 Å². The number of alkyl halides is 3. The van der Waals surface area contributed by atoms with Gasteiger partial charge in [0.15, 0.2) is 5.78 Å². The minimum Gasteiger partial charge on any atom is -0.356 e. The minimum absolute atomic E-state index is 0.209. The molecule has 0 radical (unpaired) electrons. The number of hydrogen-bond donors (Lipinski definition) is 3. The van der Waals surface area contributed by atoms with Crippen LogP contribution in [0.1, 0.15) is 52.5 Å². The van der Waals surface area contributed by atoms with Crippen LogP contribution in [0.25, 0.3) is 10.9 Å². The Morgan fingerprint density at radius 1 is 1.14 bits per heavy atom. The van der Waals surface area contributed by atoms with E-state index in [0.717, 1.165) is 47.1 Å². The molecule has 4 rings (SSSR count). The highest BCUT2D eigenvalue weighted by Crippen LogP contribution is 2.39. The Labute approximate surface area is 166 Å². The zero-order chi connectivity index (χ0) is 21.0. The summed E-state index contributed by atoms with van der Waals surface area (Å²) in [5, 5.41) is 0.885. The second-order valence-electron chi connectivity index (χ2n) is 7.87. The van der Waals surface area contributed by atoms with Gasteiger partial charge >= 0.3 is 6.18 Å². The molecular formula is C22H22F3N3O. The van der Waals surface area contributed by atoms with Crippen LogP contribution in [0, 0.1) is 5.92 Å². The number of ketones is 1. The molecule has 0 saturated heterocycles. The molecule has 1 aliphatic carbocycles. The van der Waals surface area contributed by atoms with E-state index in [1.165, 1.54) is 12.1 Å². The van der Waals surface area contributed by atoms with Gasteiger partial charge in [-0.2, -0.15) is 13.2 Å². The lowest BCUT2D eigenvalue weighted by Crippen LogP contribution is -2.50. The fraction of sp³-hybridized carbons (Fsp3) is 0.318. The van der Waals surface area contributed by atoms with Crippen molar-refractivity contribution in [3.8, 4) is 0 Å². The third-order valence-corrected chi connectivity index (χ3v) is 5.80. The van der Waals surface area contributed by atoms with Crippen LogP contribution in [0.2, 0.25) is 0 Å². The zero-order valence-corrected chi connectivity index (χ0v) is 15.9. The third kappa shape index (κ3) is 3.45. The number of hydrogen-bond acceptors (Lipinski definition) is 3. The number of benzene rings is 2. The van der Waals surface area contributed by atoms with Gasteiger partial charge in [-0.15, -0.1) is 0 Å². The van der Waals surface area contributed by atoms with E-state index in [4.69, 9.17) is 11.5 Å². The van der Waals surface area contributed by atoms with E-state index in [9.17, 15) is 18.0 Å². The third-order valence-electron chi connectivity index (χ3n) is 5.80. The van der Waals surface area contributed by atoms with Crippen molar-refractivity contribution in [3.05, 3.63) is 70.4 Å². The molecule has 1 aliphatic rings.